The normalized spacial score (nSPS) is 19.1. The molecule has 0 aliphatic carbocycles. The van der Waals surface area contributed by atoms with Gasteiger partial charge in [0.15, 0.2) is 0 Å². The van der Waals surface area contributed by atoms with Crippen LogP contribution in [0.2, 0.25) is 0 Å². The van der Waals surface area contributed by atoms with Crippen LogP contribution in [0.4, 0.5) is 5.69 Å². The van der Waals surface area contributed by atoms with Gasteiger partial charge < -0.3 is 10.2 Å². The summed E-state index contributed by atoms with van der Waals surface area (Å²) in [7, 11) is 0. The number of fused-ring (bicyclic) bond motifs is 1. The zero-order valence-corrected chi connectivity index (χ0v) is 15.7. The smallest absolute Gasteiger partial charge is 0.255 e. The number of aromatic nitrogens is 4. The van der Waals surface area contributed by atoms with Crippen LogP contribution in [0.3, 0.4) is 0 Å². The Morgan fingerprint density at radius 1 is 1.14 bits per heavy atom. The lowest BCUT2D eigenvalue weighted by atomic mass is 9.80. The number of piperidine rings is 1. The second-order valence-corrected chi connectivity index (χ2v) is 7.46. The van der Waals surface area contributed by atoms with Crippen molar-refractivity contribution in [3.05, 3.63) is 66.2 Å². The molecule has 2 aliphatic heterocycles. The van der Waals surface area contributed by atoms with Gasteiger partial charge in [0.05, 0.1) is 35.8 Å². The average molecular weight is 388 g/mol. The molecule has 8 heteroatoms. The molecule has 2 amide bonds. The first kappa shape index (κ1) is 17.5. The molecule has 3 aromatic rings. The van der Waals surface area contributed by atoms with Crippen LogP contribution < -0.4 is 5.32 Å². The number of anilines is 1. The molecule has 1 saturated heterocycles. The van der Waals surface area contributed by atoms with Crippen molar-refractivity contribution < 1.29 is 9.59 Å². The Bertz CT molecular complexity index is 1060. The van der Waals surface area contributed by atoms with Crippen molar-refractivity contribution >= 4 is 17.5 Å². The third-order valence-corrected chi connectivity index (χ3v) is 5.79. The van der Waals surface area contributed by atoms with E-state index in [9.17, 15) is 9.59 Å². The number of hydrogen-bond acceptors (Lipinski definition) is 5. The number of nitrogens with zero attached hydrogens (tertiary/aromatic N) is 5. The molecule has 8 nitrogen and oxygen atoms in total. The van der Waals surface area contributed by atoms with Gasteiger partial charge in [-0.1, -0.05) is 23.4 Å². The molecule has 5 rings (SSSR count). The highest BCUT2D eigenvalue weighted by Crippen LogP contribution is 2.41. The van der Waals surface area contributed by atoms with Gasteiger partial charge in [0.25, 0.3) is 5.91 Å². The molecule has 0 saturated carbocycles. The molecule has 0 radical (unpaired) electrons. The molecule has 1 N–H and O–H groups in total. The van der Waals surface area contributed by atoms with E-state index in [1.807, 2.05) is 29.2 Å². The van der Waals surface area contributed by atoms with E-state index in [1.54, 1.807) is 35.5 Å². The molecular weight excluding hydrogens is 368 g/mol. The quantitative estimate of drug-likeness (QED) is 0.743. The third kappa shape index (κ3) is 3.16. The number of hydrogen-bond donors (Lipinski definition) is 1. The highest BCUT2D eigenvalue weighted by molar-refractivity contribution is 6.03. The fourth-order valence-corrected chi connectivity index (χ4v) is 4.34. The fourth-order valence-electron chi connectivity index (χ4n) is 4.34. The van der Waals surface area contributed by atoms with Crippen molar-refractivity contribution in [1.29, 1.82) is 0 Å². The molecule has 2 aromatic heterocycles. The second kappa shape index (κ2) is 7.12. The lowest BCUT2D eigenvalue weighted by Crippen LogP contribution is -2.40. The molecule has 4 heterocycles. The van der Waals surface area contributed by atoms with E-state index in [1.165, 1.54) is 0 Å². The number of rotatable bonds is 3. The maximum absolute atomic E-state index is 13.0. The van der Waals surface area contributed by atoms with E-state index in [-0.39, 0.29) is 23.7 Å². The van der Waals surface area contributed by atoms with Crippen LogP contribution >= 0.6 is 0 Å². The summed E-state index contributed by atoms with van der Waals surface area (Å²) in [5.74, 6) is 0.137. The van der Waals surface area contributed by atoms with E-state index in [0.29, 0.717) is 24.3 Å². The molecule has 29 heavy (non-hydrogen) atoms. The summed E-state index contributed by atoms with van der Waals surface area (Å²) in [5, 5.41) is 10.7. The SMILES string of the molecule is O=C1Nc2ccccc2C1C1CCN(C(=O)c2cncc(-n3ccnn3)c2)CC1. The van der Waals surface area contributed by atoms with Crippen LogP contribution in [0, 0.1) is 5.92 Å². The minimum absolute atomic E-state index is 0.0470. The average Bonchev–Trinajstić information content (AvgIpc) is 3.41. The predicted molar refractivity (Wildman–Crippen MR) is 106 cm³/mol. The lowest BCUT2D eigenvalue weighted by molar-refractivity contribution is -0.118. The summed E-state index contributed by atoms with van der Waals surface area (Å²) >= 11 is 0. The van der Waals surface area contributed by atoms with Crippen molar-refractivity contribution in [2.24, 2.45) is 5.92 Å². The first-order valence-corrected chi connectivity index (χ1v) is 9.71. The number of amides is 2. The van der Waals surface area contributed by atoms with Crippen molar-refractivity contribution in [2.75, 3.05) is 18.4 Å². The highest BCUT2D eigenvalue weighted by atomic mass is 16.2. The molecule has 0 spiro atoms. The maximum atomic E-state index is 13.0. The summed E-state index contributed by atoms with van der Waals surface area (Å²) in [6, 6.07) is 9.65. The summed E-state index contributed by atoms with van der Waals surface area (Å²) in [6.45, 7) is 1.26. The van der Waals surface area contributed by atoms with Gasteiger partial charge in [0.1, 0.15) is 0 Å². The summed E-state index contributed by atoms with van der Waals surface area (Å²) in [4.78, 5) is 31.5. The van der Waals surface area contributed by atoms with Crippen LogP contribution in [0.5, 0.6) is 0 Å². The molecule has 146 valence electrons. The Morgan fingerprint density at radius 2 is 1.97 bits per heavy atom. The van der Waals surface area contributed by atoms with Crippen molar-refractivity contribution in [2.45, 2.75) is 18.8 Å². The summed E-state index contributed by atoms with van der Waals surface area (Å²) in [5.41, 5.74) is 3.21. The monoisotopic (exact) mass is 388 g/mol. The first-order chi connectivity index (χ1) is 14.2. The van der Waals surface area contributed by atoms with Crippen molar-refractivity contribution in [1.82, 2.24) is 24.9 Å². The number of carbonyl (C=O) groups excluding carboxylic acids is 2. The minimum atomic E-state index is -0.124. The van der Waals surface area contributed by atoms with Crippen LogP contribution in [-0.2, 0) is 4.79 Å². The third-order valence-electron chi connectivity index (χ3n) is 5.79. The number of para-hydroxylation sites is 1. The Morgan fingerprint density at radius 3 is 2.76 bits per heavy atom. The van der Waals surface area contributed by atoms with Crippen LogP contribution in [-0.4, -0.2) is 49.8 Å². The first-order valence-electron chi connectivity index (χ1n) is 9.71. The van der Waals surface area contributed by atoms with Gasteiger partial charge in [-0.15, -0.1) is 5.10 Å². The van der Waals surface area contributed by atoms with Gasteiger partial charge >= 0.3 is 0 Å². The second-order valence-electron chi connectivity index (χ2n) is 7.46. The standard InChI is InChI=1S/C21H20N6O2/c28-20-19(17-3-1-2-4-18(17)24-20)14-5-8-26(9-6-14)21(29)15-11-16(13-22-12-15)27-10-7-23-25-27/h1-4,7,10-14,19H,5-6,8-9H2,(H,24,28). The highest BCUT2D eigenvalue weighted by Gasteiger charge is 2.38. The Hall–Kier alpha value is -3.55. The molecule has 1 aromatic carbocycles. The molecule has 1 fully saturated rings. The Balaban J connectivity index is 1.28. The zero-order chi connectivity index (χ0) is 19.8. The van der Waals surface area contributed by atoms with E-state index >= 15 is 0 Å². The van der Waals surface area contributed by atoms with Crippen molar-refractivity contribution in [3.63, 3.8) is 0 Å². The maximum Gasteiger partial charge on any atom is 0.255 e. The van der Waals surface area contributed by atoms with Crippen LogP contribution in [0.1, 0.15) is 34.7 Å². The lowest BCUT2D eigenvalue weighted by Gasteiger charge is -2.34. The van der Waals surface area contributed by atoms with E-state index in [0.717, 1.165) is 24.1 Å². The zero-order valence-electron chi connectivity index (χ0n) is 15.7. The van der Waals surface area contributed by atoms with Gasteiger partial charge in [0.2, 0.25) is 5.91 Å². The largest absolute Gasteiger partial charge is 0.339 e. The number of carbonyl (C=O) groups is 2. The van der Waals surface area contributed by atoms with Gasteiger partial charge in [-0.05, 0) is 36.5 Å². The van der Waals surface area contributed by atoms with Crippen LogP contribution in [0.25, 0.3) is 5.69 Å². The summed E-state index contributed by atoms with van der Waals surface area (Å²) in [6.07, 6.45) is 8.11. The summed E-state index contributed by atoms with van der Waals surface area (Å²) < 4.78 is 1.58. The number of benzene rings is 1. The molecule has 1 unspecified atom stereocenters. The number of pyridine rings is 1. The number of nitrogens with one attached hydrogen (secondary N) is 1. The van der Waals surface area contributed by atoms with Gasteiger partial charge in [-0.2, -0.15) is 0 Å². The molecule has 0 bridgehead atoms. The van der Waals surface area contributed by atoms with Gasteiger partial charge in [-0.25, -0.2) is 4.68 Å². The molecular formula is C21H20N6O2. The van der Waals surface area contributed by atoms with E-state index in [4.69, 9.17) is 0 Å². The van der Waals surface area contributed by atoms with Gasteiger partial charge in [-0.3, -0.25) is 14.6 Å². The fraction of sp³-hybridized carbons (Fsp3) is 0.286. The van der Waals surface area contributed by atoms with E-state index < -0.39 is 0 Å². The van der Waals surface area contributed by atoms with Gasteiger partial charge in [0, 0.05) is 25.0 Å². The molecule has 1 atom stereocenters. The molecule has 2 aliphatic rings. The van der Waals surface area contributed by atoms with Crippen molar-refractivity contribution in [3.8, 4) is 5.69 Å². The topological polar surface area (TPSA) is 93.0 Å². The minimum Gasteiger partial charge on any atom is -0.339 e. The Labute approximate surface area is 167 Å². The number of likely N-dealkylation sites (tertiary alicyclic amines) is 1. The van der Waals surface area contributed by atoms with Crippen LogP contribution in [0.15, 0.2) is 55.1 Å². The van der Waals surface area contributed by atoms with E-state index in [2.05, 4.69) is 20.6 Å². The predicted octanol–water partition coefficient (Wildman–Crippen LogP) is 2.25. The Kier molecular flexibility index (Phi) is 4.31.